The van der Waals surface area contributed by atoms with Crippen LogP contribution in [0.5, 0.6) is 5.75 Å². The van der Waals surface area contributed by atoms with Crippen LogP contribution in [-0.4, -0.2) is 43.4 Å². The molecule has 4 rings (SSSR count). The average Bonchev–Trinajstić information content (AvgIpc) is 2.96. The van der Waals surface area contributed by atoms with Gasteiger partial charge in [-0.3, -0.25) is 14.2 Å². The molecule has 0 radical (unpaired) electrons. The lowest BCUT2D eigenvalue weighted by atomic mass is 10.2. The van der Waals surface area contributed by atoms with Crippen molar-refractivity contribution in [3.8, 4) is 5.75 Å². The molecule has 10 heteroatoms. The highest BCUT2D eigenvalue weighted by molar-refractivity contribution is 7.89. The molecule has 0 atom stereocenters. The number of nitrogens with one attached hydrogen (secondary N) is 1. The van der Waals surface area contributed by atoms with Crippen LogP contribution in [0.15, 0.2) is 52.2 Å². The molecule has 0 unspecified atom stereocenters. The van der Waals surface area contributed by atoms with Crippen LogP contribution in [0.3, 0.4) is 0 Å². The Morgan fingerprint density at radius 1 is 1.06 bits per heavy atom. The van der Waals surface area contributed by atoms with Crippen molar-refractivity contribution in [3.05, 3.63) is 52.1 Å². The zero-order chi connectivity index (χ0) is 23.4. The van der Waals surface area contributed by atoms with E-state index in [1.807, 2.05) is 0 Å². The summed E-state index contributed by atoms with van der Waals surface area (Å²) in [6.07, 6.45) is 3.93. The number of aryl methyl sites for hydroxylation is 1. The minimum absolute atomic E-state index is 0.117. The largest absolute Gasteiger partial charge is 0.497 e. The van der Waals surface area contributed by atoms with Gasteiger partial charge >= 0.3 is 4.87 Å². The maximum atomic E-state index is 13.1. The Morgan fingerprint density at radius 3 is 2.42 bits per heavy atom. The van der Waals surface area contributed by atoms with E-state index in [1.165, 1.54) is 4.57 Å². The topological polar surface area (TPSA) is 97.7 Å². The highest BCUT2D eigenvalue weighted by Gasteiger charge is 2.26. The third kappa shape index (κ3) is 5.29. The smallest absolute Gasteiger partial charge is 0.308 e. The number of nitrogens with zero attached hydrogens (tertiary/aromatic N) is 2. The Balaban J connectivity index is 1.48. The lowest BCUT2D eigenvalue weighted by Crippen LogP contribution is -2.31. The number of hydrogen-bond donors (Lipinski definition) is 1. The number of rotatable bonds is 7. The van der Waals surface area contributed by atoms with Gasteiger partial charge < -0.3 is 10.1 Å². The summed E-state index contributed by atoms with van der Waals surface area (Å²) >= 11 is 0.998. The monoisotopic (exact) mass is 489 g/mol. The predicted molar refractivity (Wildman–Crippen MR) is 130 cm³/mol. The van der Waals surface area contributed by atoms with E-state index < -0.39 is 10.0 Å². The van der Waals surface area contributed by atoms with Crippen LogP contribution in [0.2, 0.25) is 0 Å². The van der Waals surface area contributed by atoms with Crippen LogP contribution in [0.4, 0.5) is 5.69 Å². The van der Waals surface area contributed by atoms with E-state index in [4.69, 9.17) is 4.74 Å². The van der Waals surface area contributed by atoms with Gasteiger partial charge in [0, 0.05) is 31.7 Å². The molecule has 8 nitrogen and oxygen atoms in total. The van der Waals surface area contributed by atoms with Gasteiger partial charge in [0.15, 0.2) is 0 Å². The maximum absolute atomic E-state index is 13.1. The van der Waals surface area contributed by atoms with Crippen molar-refractivity contribution in [2.24, 2.45) is 0 Å². The third-order valence-electron chi connectivity index (χ3n) is 5.78. The first-order valence-corrected chi connectivity index (χ1v) is 13.2. The SMILES string of the molecule is COc1ccc(NC(=O)CCn2c(=O)sc3cc(S(=O)(=O)N4CCCCCC4)ccc32)cc1. The first-order chi connectivity index (χ1) is 15.9. The highest BCUT2D eigenvalue weighted by atomic mass is 32.2. The fourth-order valence-corrected chi connectivity index (χ4v) is 6.54. The number of fused-ring (bicyclic) bond motifs is 1. The van der Waals surface area contributed by atoms with Crippen molar-refractivity contribution < 1.29 is 17.9 Å². The first-order valence-electron chi connectivity index (χ1n) is 11.0. The number of aromatic nitrogens is 1. The van der Waals surface area contributed by atoms with Gasteiger partial charge in [-0.25, -0.2) is 8.42 Å². The average molecular weight is 490 g/mol. The maximum Gasteiger partial charge on any atom is 0.308 e. The summed E-state index contributed by atoms with van der Waals surface area (Å²) in [5.74, 6) is 0.480. The molecule has 0 spiro atoms. The summed E-state index contributed by atoms with van der Waals surface area (Å²) in [4.78, 5) is 24.9. The minimum atomic E-state index is -3.59. The van der Waals surface area contributed by atoms with Gasteiger partial charge in [-0.1, -0.05) is 24.2 Å². The summed E-state index contributed by atoms with van der Waals surface area (Å²) in [6, 6.07) is 11.8. The Hall–Kier alpha value is -2.69. The quantitative estimate of drug-likeness (QED) is 0.546. The number of benzene rings is 2. The summed E-state index contributed by atoms with van der Waals surface area (Å²) in [7, 11) is -2.02. The van der Waals surface area contributed by atoms with Crippen LogP contribution in [-0.2, 0) is 21.4 Å². The number of ether oxygens (including phenoxy) is 1. The van der Waals surface area contributed by atoms with Gasteiger partial charge in [-0.05, 0) is 55.3 Å². The van der Waals surface area contributed by atoms with E-state index >= 15 is 0 Å². The van der Waals surface area contributed by atoms with E-state index in [0.29, 0.717) is 34.7 Å². The summed E-state index contributed by atoms with van der Waals surface area (Å²) in [5, 5.41) is 2.80. The van der Waals surface area contributed by atoms with Crippen LogP contribution in [0.25, 0.3) is 10.2 Å². The molecule has 1 aliphatic rings. The van der Waals surface area contributed by atoms with Crippen LogP contribution in [0, 0.1) is 0 Å². The molecule has 1 aromatic heterocycles. The number of carbonyl (C=O) groups is 1. The Labute approximate surface area is 196 Å². The van der Waals surface area contributed by atoms with Gasteiger partial charge in [-0.15, -0.1) is 0 Å². The molecule has 1 aliphatic heterocycles. The lowest BCUT2D eigenvalue weighted by Gasteiger charge is -2.19. The summed E-state index contributed by atoms with van der Waals surface area (Å²) in [6.45, 7) is 1.26. The standard InChI is InChI=1S/C23H27N3O5S2/c1-31-18-8-6-17(7-9-18)24-22(27)12-15-26-20-11-10-19(16-21(20)32-23(26)28)33(29,30)25-13-4-2-3-5-14-25/h6-11,16H,2-5,12-15H2,1H3,(H,24,27). The van der Waals surface area contributed by atoms with E-state index in [2.05, 4.69) is 5.32 Å². The van der Waals surface area contributed by atoms with Gasteiger partial charge in [-0.2, -0.15) is 4.31 Å². The molecule has 3 aromatic rings. The van der Waals surface area contributed by atoms with Crippen molar-refractivity contribution in [2.75, 3.05) is 25.5 Å². The number of amides is 1. The second kappa shape index (κ2) is 10.1. The van der Waals surface area contributed by atoms with Gasteiger partial charge in [0.2, 0.25) is 15.9 Å². The molecular formula is C23H27N3O5S2. The van der Waals surface area contributed by atoms with Crippen molar-refractivity contribution in [2.45, 2.75) is 43.5 Å². The number of carbonyl (C=O) groups excluding carboxylic acids is 1. The zero-order valence-corrected chi connectivity index (χ0v) is 20.1. The molecule has 1 fully saturated rings. The molecule has 1 saturated heterocycles. The number of hydrogen-bond acceptors (Lipinski definition) is 6. The number of anilines is 1. The van der Waals surface area contributed by atoms with Gasteiger partial charge in [0.05, 0.1) is 22.2 Å². The van der Waals surface area contributed by atoms with E-state index in [9.17, 15) is 18.0 Å². The lowest BCUT2D eigenvalue weighted by molar-refractivity contribution is -0.116. The van der Waals surface area contributed by atoms with Crippen molar-refractivity contribution >= 4 is 43.2 Å². The van der Waals surface area contributed by atoms with E-state index in [0.717, 1.165) is 37.0 Å². The molecule has 0 saturated carbocycles. The molecular weight excluding hydrogens is 462 g/mol. The van der Waals surface area contributed by atoms with E-state index in [1.54, 1.807) is 53.9 Å². The first kappa shape index (κ1) is 23.5. The Bertz CT molecular complexity index is 1290. The molecule has 0 bridgehead atoms. The highest BCUT2D eigenvalue weighted by Crippen LogP contribution is 2.26. The molecule has 1 N–H and O–H groups in total. The van der Waals surface area contributed by atoms with Crippen LogP contribution < -0.4 is 14.9 Å². The molecule has 176 valence electrons. The summed E-state index contributed by atoms with van der Waals surface area (Å²) < 4.78 is 35.0. The molecule has 2 aromatic carbocycles. The van der Waals surface area contributed by atoms with Crippen molar-refractivity contribution in [1.82, 2.24) is 8.87 Å². The molecule has 0 aliphatic carbocycles. The van der Waals surface area contributed by atoms with Crippen molar-refractivity contribution in [1.29, 1.82) is 0 Å². The predicted octanol–water partition coefficient (Wildman–Crippen LogP) is 3.67. The van der Waals surface area contributed by atoms with E-state index in [-0.39, 0.29) is 28.6 Å². The van der Waals surface area contributed by atoms with Crippen molar-refractivity contribution in [3.63, 3.8) is 0 Å². The second-order valence-corrected chi connectivity index (χ2v) is 10.9. The fourth-order valence-electron chi connectivity index (χ4n) is 3.96. The second-order valence-electron chi connectivity index (χ2n) is 7.99. The zero-order valence-electron chi connectivity index (χ0n) is 18.5. The number of sulfonamides is 1. The van der Waals surface area contributed by atoms with Gasteiger partial charge in [0.25, 0.3) is 0 Å². The Morgan fingerprint density at radius 2 is 1.76 bits per heavy atom. The normalized spacial score (nSPS) is 15.3. The van der Waals surface area contributed by atoms with Crippen LogP contribution in [0.1, 0.15) is 32.1 Å². The molecule has 1 amide bonds. The molecule has 33 heavy (non-hydrogen) atoms. The molecule has 2 heterocycles. The fraction of sp³-hybridized carbons (Fsp3) is 0.391. The minimum Gasteiger partial charge on any atom is -0.497 e. The van der Waals surface area contributed by atoms with Crippen LogP contribution >= 0.6 is 11.3 Å². The summed E-state index contributed by atoms with van der Waals surface area (Å²) in [5.41, 5.74) is 1.28. The number of thiazole rings is 1. The third-order valence-corrected chi connectivity index (χ3v) is 8.62. The Kier molecular flexibility index (Phi) is 7.16. The van der Waals surface area contributed by atoms with Gasteiger partial charge in [0.1, 0.15) is 5.75 Å². The number of methoxy groups -OCH3 is 1.